The molecule has 0 aliphatic carbocycles. The van der Waals surface area contributed by atoms with Crippen molar-refractivity contribution in [3.05, 3.63) is 59.8 Å². The van der Waals surface area contributed by atoms with Gasteiger partial charge in [0.05, 0.1) is 35.8 Å². The van der Waals surface area contributed by atoms with E-state index in [0.29, 0.717) is 36.9 Å². The molecule has 0 spiro atoms. The van der Waals surface area contributed by atoms with Gasteiger partial charge in [-0.15, -0.1) is 0 Å². The Morgan fingerprint density at radius 3 is 2.77 bits per heavy atom. The summed E-state index contributed by atoms with van der Waals surface area (Å²) in [5, 5.41) is 2.90. The van der Waals surface area contributed by atoms with Crippen LogP contribution in [-0.2, 0) is 13.0 Å². The third-order valence-electron chi connectivity index (χ3n) is 4.74. The van der Waals surface area contributed by atoms with Gasteiger partial charge in [-0.2, -0.15) is 4.98 Å². The van der Waals surface area contributed by atoms with Crippen molar-refractivity contribution in [1.29, 1.82) is 0 Å². The third kappa shape index (κ3) is 4.37. The second kappa shape index (κ2) is 8.44. The fourth-order valence-corrected chi connectivity index (χ4v) is 3.25. The van der Waals surface area contributed by atoms with Crippen molar-refractivity contribution in [3.8, 4) is 17.3 Å². The van der Waals surface area contributed by atoms with Gasteiger partial charge < -0.3 is 15.0 Å². The van der Waals surface area contributed by atoms with E-state index in [4.69, 9.17) is 9.72 Å². The van der Waals surface area contributed by atoms with Crippen LogP contribution in [-0.4, -0.2) is 43.5 Å². The van der Waals surface area contributed by atoms with E-state index in [0.717, 1.165) is 22.5 Å². The van der Waals surface area contributed by atoms with Gasteiger partial charge in [0.25, 0.3) is 0 Å². The molecule has 154 valence electrons. The summed E-state index contributed by atoms with van der Waals surface area (Å²) in [6, 6.07) is 7.30. The third-order valence-corrected chi connectivity index (χ3v) is 4.74. The molecular weight excluding hydrogens is 380 g/mol. The van der Waals surface area contributed by atoms with Crippen LogP contribution in [0.5, 0.6) is 5.88 Å². The molecule has 0 saturated carbocycles. The summed E-state index contributed by atoms with van der Waals surface area (Å²) in [5.41, 5.74) is 4.15. The lowest BCUT2D eigenvalue weighted by atomic mass is 10.1. The fourth-order valence-electron chi connectivity index (χ4n) is 3.25. The highest BCUT2D eigenvalue weighted by atomic mass is 16.5. The Labute approximate surface area is 175 Å². The zero-order chi connectivity index (χ0) is 21.1. The number of hydrogen-bond donors (Lipinski definition) is 1. The van der Waals surface area contributed by atoms with Crippen molar-refractivity contribution in [2.75, 3.05) is 11.9 Å². The van der Waals surface area contributed by atoms with Crippen LogP contribution in [0.15, 0.2) is 42.9 Å². The van der Waals surface area contributed by atoms with Gasteiger partial charge in [-0.05, 0) is 45.0 Å². The van der Waals surface area contributed by atoms with Gasteiger partial charge in [-0.25, -0.2) is 9.78 Å². The summed E-state index contributed by atoms with van der Waals surface area (Å²) in [5.74, 6) is 1.10. The molecule has 0 radical (unpaired) electrons. The SMILES string of the molecule is Cc1ccc(NC(=O)N2CCc3nc(-c4cccnc4)nc(OC(C)C)c3C2)cn1. The number of aromatic nitrogens is 4. The lowest BCUT2D eigenvalue weighted by molar-refractivity contribution is 0.198. The van der Waals surface area contributed by atoms with E-state index in [1.165, 1.54) is 0 Å². The number of carbonyl (C=O) groups excluding carboxylic acids is 1. The fraction of sp³-hybridized carbons (Fsp3) is 0.318. The summed E-state index contributed by atoms with van der Waals surface area (Å²) in [4.78, 5) is 32.3. The van der Waals surface area contributed by atoms with E-state index in [-0.39, 0.29) is 12.1 Å². The molecule has 4 heterocycles. The van der Waals surface area contributed by atoms with Gasteiger partial charge in [0.1, 0.15) is 0 Å². The quantitative estimate of drug-likeness (QED) is 0.714. The average molecular weight is 404 g/mol. The number of amides is 2. The summed E-state index contributed by atoms with van der Waals surface area (Å²) < 4.78 is 5.99. The van der Waals surface area contributed by atoms with Gasteiger partial charge >= 0.3 is 6.03 Å². The molecule has 3 aromatic rings. The Bertz CT molecular complexity index is 1040. The van der Waals surface area contributed by atoms with E-state index < -0.39 is 0 Å². The van der Waals surface area contributed by atoms with Crippen LogP contribution < -0.4 is 10.1 Å². The molecule has 4 rings (SSSR count). The van der Waals surface area contributed by atoms with Gasteiger partial charge in [-0.1, -0.05) is 0 Å². The van der Waals surface area contributed by atoms with Crippen LogP contribution in [0.4, 0.5) is 10.5 Å². The van der Waals surface area contributed by atoms with Crippen molar-refractivity contribution < 1.29 is 9.53 Å². The van der Waals surface area contributed by atoms with E-state index in [1.807, 2.05) is 45.0 Å². The Morgan fingerprint density at radius 2 is 2.07 bits per heavy atom. The second-order valence-corrected chi connectivity index (χ2v) is 7.48. The highest BCUT2D eigenvalue weighted by Crippen LogP contribution is 2.29. The molecule has 8 heteroatoms. The Balaban J connectivity index is 1.60. The minimum Gasteiger partial charge on any atom is -0.475 e. The highest BCUT2D eigenvalue weighted by molar-refractivity contribution is 5.89. The van der Waals surface area contributed by atoms with Crippen LogP contribution in [0.2, 0.25) is 0 Å². The predicted molar refractivity (Wildman–Crippen MR) is 113 cm³/mol. The van der Waals surface area contributed by atoms with Gasteiger partial charge in [-0.3, -0.25) is 9.97 Å². The molecule has 3 aromatic heterocycles. The lowest BCUT2D eigenvalue weighted by Gasteiger charge is -2.29. The van der Waals surface area contributed by atoms with Crippen LogP contribution in [0, 0.1) is 6.92 Å². The monoisotopic (exact) mass is 404 g/mol. The maximum Gasteiger partial charge on any atom is 0.322 e. The molecule has 0 atom stereocenters. The van der Waals surface area contributed by atoms with Crippen molar-refractivity contribution in [2.24, 2.45) is 0 Å². The van der Waals surface area contributed by atoms with Crippen LogP contribution >= 0.6 is 0 Å². The molecule has 0 bridgehead atoms. The number of nitrogens with zero attached hydrogens (tertiary/aromatic N) is 5. The number of rotatable bonds is 4. The van der Waals surface area contributed by atoms with Crippen LogP contribution in [0.1, 0.15) is 30.8 Å². The van der Waals surface area contributed by atoms with E-state index in [1.54, 1.807) is 23.5 Å². The normalized spacial score (nSPS) is 13.1. The smallest absolute Gasteiger partial charge is 0.322 e. The molecule has 1 aliphatic heterocycles. The molecule has 0 aromatic carbocycles. The van der Waals surface area contributed by atoms with Gasteiger partial charge in [0.2, 0.25) is 5.88 Å². The summed E-state index contributed by atoms with van der Waals surface area (Å²) >= 11 is 0. The first-order valence-corrected chi connectivity index (χ1v) is 9.95. The van der Waals surface area contributed by atoms with Crippen molar-refractivity contribution in [3.63, 3.8) is 0 Å². The summed E-state index contributed by atoms with van der Waals surface area (Å²) in [6.45, 7) is 6.76. The molecule has 0 fully saturated rings. The molecule has 8 nitrogen and oxygen atoms in total. The Kier molecular flexibility index (Phi) is 5.56. The predicted octanol–water partition coefficient (Wildman–Crippen LogP) is 3.62. The van der Waals surface area contributed by atoms with Crippen molar-refractivity contribution >= 4 is 11.7 Å². The van der Waals surface area contributed by atoms with Crippen LogP contribution in [0.25, 0.3) is 11.4 Å². The average Bonchev–Trinajstić information content (AvgIpc) is 2.75. The standard InChI is InChI=1S/C22H24N6O2/c1-14(2)30-21-18-13-28(22(29)25-17-7-6-15(3)24-12-17)10-8-19(18)26-20(27-21)16-5-4-9-23-11-16/h4-7,9,11-12,14H,8,10,13H2,1-3H3,(H,25,29). The molecule has 1 N–H and O–H groups in total. The largest absolute Gasteiger partial charge is 0.475 e. The maximum atomic E-state index is 12.8. The zero-order valence-electron chi connectivity index (χ0n) is 17.3. The molecule has 0 saturated heterocycles. The first-order valence-electron chi connectivity index (χ1n) is 9.95. The Morgan fingerprint density at radius 1 is 1.20 bits per heavy atom. The molecule has 1 aliphatic rings. The number of ether oxygens (including phenoxy) is 1. The van der Waals surface area contributed by atoms with Crippen molar-refractivity contribution in [1.82, 2.24) is 24.8 Å². The first kappa shape index (κ1) is 19.8. The molecule has 0 unspecified atom stereocenters. The van der Waals surface area contributed by atoms with E-state index in [9.17, 15) is 4.79 Å². The number of nitrogens with one attached hydrogen (secondary N) is 1. The number of fused-ring (bicyclic) bond motifs is 1. The summed E-state index contributed by atoms with van der Waals surface area (Å²) in [7, 11) is 0. The maximum absolute atomic E-state index is 12.8. The van der Waals surface area contributed by atoms with Gasteiger partial charge in [0.15, 0.2) is 5.82 Å². The van der Waals surface area contributed by atoms with Crippen molar-refractivity contribution in [2.45, 2.75) is 39.8 Å². The van der Waals surface area contributed by atoms with E-state index >= 15 is 0 Å². The summed E-state index contributed by atoms with van der Waals surface area (Å²) in [6.07, 6.45) is 5.68. The lowest BCUT2D eigenvalue weighted by Crippen LogP contribution is -2.39. The molecular formula is C22H24N6O2. The minimum absolute atomic E-state index is 0.0476. The zero-order valence-corrected chi connectivity index (χ0v) is 17.3. The molecule has 2 amide bonds. The van der Waals surface area contributed by atoms with E-state index in [2.05, 4.69) is 20.3 Å². The Hall–Kier alpha value is -3.55. The minimum atomic E-state index is -0.182. The van der Waals surface area contributed by atoms with Gasteiger partial charge in [0, 0.05) is 36.6 Å². The van der Waals surface area contributed by atoms with Crippen LogP contribution in [0.3, 0.4) is 0 Å². The topological polar surface area (TPSA) is 93.1 Å². The first-order chi connectivity index (χ1) is 14.5. The number of pyridine rings is 2. The number of aryl methyl sites for hydroxylation is 1. The highest BCUT2D eigenvalue weighted by Gasteiger charge is 2.27. The number of anilines is 1. The number of urea groups is 1. The molecule has 30 heavy (non-hydrogen) atoms. The second-order valence-electron chi connectivity index (χ2n) is 7.48. The number of carbonyl (C=O) groups is 1. The number of hydrogen-bond acceptors (Lipinski definition) is 6.